The summed E-state index contributed by atoms with van der Waals surface area (Å²) in [6.07, 6.45) is 3.32. The highest BCUT2D eigenvalue weighted by molar-refractivity contribution is 7.91. The standard InChI is InChI=1S/C16H17NO4S/c18-16(14-6-8-21-11-14)17(10-13-4-2-1-3-5-13)15-7-9-22(19,20)12-15/h1-6,8,11,15H,7,9-10,12H2/t15-/m1/s1. The van der Waals surface area contributed by atoms with Gasteiger partial charge in [-0.2, -0.15) is 0 Å². The highest BCUT2D eigenvalue weighted by Crippen LogP contribution is 2.22. The number of nitrogens with zero attached hydrogens (tertiary/aromatic N) is 1. The largest absolute Gasteiger partial charge is 0.472 e. The van der Waals surface area contributed by atoms with Crippen molar-refractivity contribution < 1.29 is 17.6 Å². The lowest BCUT2D eigenvalue weighted by Gasteiger charge is -2.28. The molecule has 1 aromatic carbocycles. The summed E-state index contributed by atoms with van der Waals surface area (Å²) in [6.45, 7) is 0.394. The zero-order valence-electron chi connectivity index (χ0n) is 12.0. The van der Waals surface area contributed by atoms with E-state index in [4.69, 9.17) is 4.42 Å². The van der Waals surface area contributed by atoms with Crippen LogP contribution in [0.2, 0.25) is 0 Å². The van der Waals surface area contributed by atoms with Crippen molar-refractivity contribution in [1.29, 1.82) is 0 Å². The Morgan fingerprint density at radius 2 is 2.00 bits per heavy atom. The van der Waals surface area contributed by atoms with Crippen molar-refractivity contribution >= 4 is 15.7 Å². The molecule has 0 aliphatic carbocycles. The highest BCUT2D eigenvalue weighted by Gasteiger charge is 2.35. The number of carbonyl (C=O) groups is 1. The van der Waals surface area contributed by atoms with E-state index in [0.29, 0.717) is 18.5 Å². The van der Waals surface area contributed by atoms with E-state index in [1.54, 1.807) is 11.0 Å². The third-order valence-corrected chi connectivity index (χ3v) is 5.62. The predicted molar refractivity (Wildman–Crippen MR) is 82.1 cm³/mol. The lowest BCUT2D eigenvalue weighted by molar-refractivity contribution is 0.0680. The molecule has 1 aliphatic rings. The minimum absolute atomic E-state index is 0.0312. The SMILES string of the molecule is O=C(c1ccoc1)N(Cc1ccccc1)[C@@H]1CCS(=O)(=O)C1. The van der Waals surface area contributed by atoms with E-state index in [1.165, 1.54) is 12.5 Å². The number of hydrogen-bond donors (Lipinski definition) is 0. The van der Waals surface area contributed by atoms with Crippen LogP contribution in [0, 0.1) is 0 Å². The lowest BCUT2D eigenvalue weighted by Crippen LogP contribution is -2.40. The summed E-state index contributed by atoms with van der Waals surface area (Å²) in [7, 11) is -3.05. The molecule has 116 valence electrons. The third-order valence-electron chi connectivity index (χ3n) is 3.87. The van der Waals surface area contributed by atoms with Gasteiger partial charge in [-0.15, -0.1) is 0 Å². The molecule has 0 bridgehead atoms. The number of furan rings is 1. The molecule has 0 saturated carbocycles. The van der Waals surface area contributed by atoms with Gasteiger partial charge in [-0.3, -0.25) is 4.79 Å². The van der Waals surface area contributed by atoms with Gasteiger partial charge in [0.15, 0.2) is 9.84 Å². The zero-order valence-corrected chi connectivity index (χ0v) is 12.8. The van der Waals surface area contributed by atoms with Crippen molar-refractivity contribution in [3.05, 3.63) is 60.1 Å². The maximum atomic E-state index is 12.7. The molecule has 6 heteroatoms. The molecule has 0 unspecified atom stereocenters. The minimum atomic E-state index is -3.05. The quantitative estimate of drug-likeness (QED) is 0.865. The van der Waals surface area contributed by atoms with Crippen molar-refractivity contribution in [2.24, 2.45) is 0 Å². The zero-order chi connectivity index (χ0) is 15.6. The van der Waals surface area contributed by atoms with Crippen LogP contribution >= 0.6 is 0 Å². The molecule has 0 radical (unpaired) electrons. The van der Waals surface area contributed by atoms with Crippen molar-refractivity contribution in [2.45, 2.75) is 19.0 Å². The Morgan fingerprint density at radius 1 is 1.23 bits per heavy atom. The van der Waals surface area contributed by atoms with Crippen molar-refractivity contribution in [3.63, 3.8) is 0 Å². The Morgan fingerprint density at radius 3 is 2.59 bits per heavy atom. The first kappa shape index (κ1) is 14.8. The normalized spacial score (nSPS) is 19.9. The topological polar surface area (TPSA) is 67.6 Å². The van der Waals surface area contributed by atoms with E-state index in [0.717, 1.165) is 5.56 Å². The van der Waals surface area contributed by atoms with E-state index in [2.05, 4.69) is 0 Å². The van der Waals surface area contributed by atoms with Crippen LogP contribution in [0.3, 0.4) is 0 Å². The van der Waals surface area contributed by atoms with Gasteiger partial charge in [-0.1, -0.05) is 30.3 Å². The Hall–Kier alpha value is -2.08. The molecule has 1 amide bonds. The fraction of sp³-hybridized carbons (Fsp3) is 0.312. The lowest BCUT2D eigenvalue weighted by atomic mass is 10.1. The van der Waals surface area contributed by atoms with E-state index in [9.17, 15) is 13.2 Å². The molecule has 22 heavy (non-hydrogen) atoms. The van der Waals surface area contributed by atoms with Crippen LogP contribution in [-0.2, 0) is 16.4 Å². The second kappa shape index (κ2) is 5.96. The van der Waals surface area contributed by atoms with Gasteiger partial charge in [0.05, 0.1) is 23.3 Å². The van der Waals surface area contributed by atoms with Gasteiger partial charge in [0.1, 0.15) is 6.26 Å². The first-order chi connectivity index (χ1) is 10.6. The number of benzene rings is 1. The summed E-state index contributed by atoms with van der Waals surface area (Å²) in [5, 5.41) is 0. The molecule has 2 heterocycles. The summed E-state index contributed by atoms with van der Waals surface area (Å²) < 4.78 is 28.5. The molecular weight excluding hydrogens is 302 g/mol. The van der Waals surface area contributed by atoms with Crippen molar-refractivity contribution in [3.8, 4) is 0 Å². The molecule has 2 aromatic rings. The second-order valence-electron chi connectivity index (χ2n) is 5.49. The fourth-order valence-electron chi connectivity index (χ4n) is 2.72. The highest BCUT2D eigenvalue weighted by atomic mass is 32.2. The minimum Gasteiger partial charge on any atom is -0.472 e. The average molecular weight is 319 g/mol. The summed E-state index contributed by atoms with van der Waals surface area (Å²) in [6, 6.07) is 10.9. The van der Waals surface area contributed by atoms with Crippen LogP contribution in [0.1, 0.15) is 22.3 Å². The first-order valence-corrected chi connectivity index (χ1v) is 8.95. The molecule has 1 fully saturated rings. The monoisotopic (exact) mass is 319 g/mol. The van der Waals surface area contributed by atoms with E-state index in [1.807, 2.05) is 30.3 Å². The number of sulfone groups is 1. The second-order valence-corrected chi connectivity index (χ2v) is 7.72. The van der Waals surface area contributed by atoms with Crippen LogP contribution < -0.4 is 0 Å². The molecule has 1 atom stereocenters. The number of amides is 1. The summed E-state index contributed by atoms with van der Waals surface area (Å²) in [5.74, 6) is -0.0230. The summed E-state index contributed by atoms with van der Waals surface area (Å²) in [4.78, 5) is 14.3. The molecule has 1 saturated heterocycles. The molecule has 0 N–H and O–H groups in total. The van der Waals surface area contributed by atoms with Crippen LogP contribution in [0.15, 0.2) is 53.3 Å². The predicted octanol–water partition coefficient (Wildman–Crippen LogP) is 2.11. The van der Waals surface area contributed by atoms with Gasteiger partial charge >= 0.3 is 0 Å². The molecular formula is C16H17NO4S. The van der Waals surface area contributed by atoms with E-state index < -0.39 is 9.84 Å². The van der Waals surface area contributed by atoms with Gasteiger partial charge in [0, 0.05) is 12.6 Å². The Balaban J connectivity index is 1.87. The summed E-state index contributed by atoms with van der Waals surface area (Å²) >= 11 is 0. The van der Waals surface area contributed by atoms with Crippen molar-refractivity contribution in [1.82, 2.24) is 4.90 Å². The van der Waals surface area contributed by atoms with Gasteiger partial charge in [0.2, 0.25) is 0 Å². The smallest absolute Gasteiger partial charge is 0.257 e. The first-order valence-electron chi connectivity index (χ1n) is 7.13. The molecule has 3 rings (SSSR count). The number of rotatable bonds is 4. The van der Waals surface area contributed by atoms with E-state index >= 15 is 0 Å². The van der Waals surface area contributed by atoms with Gasteiger partial charge in [0.25, 0.3) is 5.91 Å². The van der Waals surface area contributed by atoms with Crippen LogP contribution in [0.5, 0.6) is 0 Å². The van der Waals surface area contributed by atoms with Crippen LogP contribution in [0.4, 0.5) is 0 Å². The van der Waals surface area contributed by atoms with Gasteiger partial charge < -0.3 is 9.32 Å². The maximum absolute atomic E-state index is 12.7. The fourth-order valence-corrected chi connectivity index (χ4v) is 4.45. The number of hydrogen-bond acceptors (Lipinski definition) is 4. The Bertz CT molecular complexity index is 738. The Kier molecular flexibility index (Phi) is 4.02. The molecule has 1 aliphatic heterocycles. The van der Waals surface area contributed by atoms with Gasteiger partial charge in [-0.25, -0.2) is 8.42 Å². The summed E-state index contributed by atoms with van der Waals surface area (Å²) in [5.41, 5.74) is 1.42. The van der Waals surface area contributed by atoms with Crippen LogP contribution in [-0.4, -0.2) is 36.8 Å². The maximum Gasteiger partial charge on any atom is 0.257 e. The third kappa shape index (κ3) is 3.22. The molecule has 0 spiro atoms. The average Bonchev–Trinajstić information content (AvgIpc) is 3.14. The van der Waals surface area contributed by atoms with Gasteiger partial charge in [-0.05, 0) is 18.1 Å². The van der Waals surface area contributed by atoms with Crippen molar-refractivity contribution in [2.75, 3.05) is 11.5 Å². The van der Waals surface area contributed by atoms with E-state index in [-0.39, 0.29) is 23.5 Å². The number of carbonyl (C=O) groups excluding carboxylic acids is 1. The molecule has 5 nitrogen and oxygen atoms in total. The van der Waals surface area contributed by atoms with Crippen LogP contribution in [0.25, 0.3) is 0 Å². The molecule has 1 aromatic heterocycles. The Labute approximate surface area is 129 Å².